The van der Waals surface area contributed by atoms with Crippen molar-refractivity contribution in [1.82, 2.24) is 10.2 Å². The van der Waals surface area contributed by atoms with E-state index in [-0.39, 0.29) is 17.4 Å². The number of rotatable bonds is 4. The van der Waals surface area contributed by atoms with Gasteiger partial charge in [-0.25, -0.2) is 9.59 Å². The number of urea groups is 1. The van der Waals surface area contributed by atoms with E-state index in [0.717, 1.165) is 6.42 Å². The van der Waals surface area contributed by atoms with Gasteiger partial charge in [0.25, 0.3) is 0 Å². The minimum atomic E-state index is -0.962. The second kappa shape index (κ2) is 5.59. The van der Waals surface area contributed by atoms with Gasteiger partial charge in [-0.1, -0.05) is 27.7 Å². The van der Waals surface area contributed by atoms with Crippen molar-refractivity contribution in [1.29, 1.82) is 0 Å². The van der Waals surface area contributed by atoms with Gasteiger partial charge < -0.3 is 15.3 Å². The first-order valence-corrected chi connectivity index (χ1v) is 6.49. The van der Waals surface area contributed by atoms with Crippen LogP contribution >= 0.6 is 0 Å². The summed E-state index contributed by atoms with van der Waals surface area (Å²) in [5.74, 6) is -0.725. The minimum Gasteiger partial charge on any atom is -0.480 e. The number of nitrogens with zero attached hydrogens (tertiary/aromatic N) is 1. The van der Waals surface area contributed by atoms with Crippen LogP contribution in [0.3, 0.4) is 0 Å². The van der Waals surface area contributed by atoms with Crippen LogP contribution in [-0.2, 0) is 4.79 Å². The average molecular weight is 256 g/mol. The van der Waals surface area contributed by atoms with E-state index < -0.39 is 12.0 Å². The van der Waals surface area contributed by atoms with Crippen molar-refractivity contribution >= 4 is 12.0 Å². The molecule has 2 amide bonds. The first-order chi connectivity index (χ1) is 8.21. The summed E-state index contributed by atoms with van der Waals surface area (Å²) in [5.41, 5.74) is 0.133. The van der Waals surface area contributed by atoms with Crippen molar-refractivity contribution < 1.29 is 14.7 Å². The van der Waals surface area contributed by atoms with Crippen molar-refractivity contribution in [2.75, 3.05) is 13.1 Å². The van der Waals surface area contributed by atoms with E-state index in [1.165, 1.54) is 0 Å². The van der Waals surface area contributed by atoms with Crippen molar-refractivity contribution in [3.05, 3.63) is 0 Å². The molecule has 104 valence electrons. The summed E-state index contributed by atoms with van der Waals surface area (Å²) < 4.78 is 0. The molecule has 18 heavy (non-hydrogen) atoms. The van der Waals surface area contributed by atoms with Gasteiger partial charge in [-0.3, -0.25) is 0 Å². The highest BCUT2D eigenvalue weighted by molar-refractivity contribution is 5.82. The van der Waals surface area contributed by atoms with Gasteiger partial charge in [-0.15, -0.1) is 0 Å². The lowest BCUT2D eigenvalue weighted by atomic mass is 9.93. The van der Waals surface area contributed by atoms with Gasteiger partial charge >= 0.3 is 12.0 Å². The highest BCUT2D eigenvalue weighted by Gasteiger charge is 2.33. The Hall–Kier alpha value is -1.26. The zero-order valence-corrected chi connectivity index (χ0v) is 11.7. The molecule has 0 aromatic carbocycles. The third kappa shape index (κ3) is 4.20. The fraction of sp³-hybridized carbons (Fsp3) is 0.846. The molecule has 0 spiro atoms. The van der Waals surface area contributed by atoms with E-state index >= 15 is 0 Å². The molecular weight excluding hydrogens is 232 g/mol. The Morgan fingerprint density at radius 1 is 1.39 bits per heavy atom. The normalized spacial score (nSPS) is 19.9. The first kappa shape index (κ1) is 14.8. The molecule has 1 fully saturated rings. The molecule has 1 rings (SSSR count). The van der Waals surface area contributed by atoms with Crippen LogP contribution in [0.15, 0.2) is 0 Å². The summed E-state index contributed by atoms with van der Waals surface area (Å²) in [6.07, 6.45) is 1.42. The monoisotopic (exact) mass is 256 g/mol. The third-order valence-corrected chi connectivity index (χ3v) is 3.27. The van der Waals surface area contributed by atoms with Crippen LogP contribution < -0.4 is 5.32 Å². The van der Waals surface area contributed by atoms with E-state index in [4.69, 9.17) is 5.11 Å². The molecule has 2 N–H and O–H groups in total. The zero-order chi connectivity index (χ0) is 13.9. The predicted octanol–water partition coefficient (Wildman–Crippen LogP) is 1.93. The quantitative estimate of drug-likeness (QED) is 0.807. The fourth-order valence-electron chi connectivity index (χ4n) is 2.22. The molecule has 1 heterocycles. The Morgan fingerprint density at radius 2 is 2.00 bits per heavy atom. The standard InChI is InChI=1S/C13H24N2O3/c1-9(2)7-10(11(16)17)14-12(18)15-6-5-13(3,4)8-15/h9-10H,5-8H2,1-4H3,(H,14,18)(H,16,17). The zero-order valence-electron chi connectivity index (χ0n) is 11.7. The third-order valence-electron chi connectivity index (χ3n) is 3.27. The van der Waals surface area contributed by atoms with Crippen LogP contribution in [0.1, 0.15) is 40.5 Å². The molecule has 0 saturated carbocycles. The Labute approximate surface area is 109 Å². The van der Waals surface area contributed by atoms with Gasteiger partial charge in [0.15, 0.2) is 0 Å². The Morgan fingerprint density at radius 3 is 2.39 bits per heavy atom. The van der Waals surface area contributed by atoms with E-state index in [0.29, 0.717) is 19.5 Å². The van der Waals surface area contributed by atoms with Gasteiger partial charge in [0, 0.05) is 13.1 Å². The number of carboxylic acid groups (broad SMARTS) is 1. The number of amides is 2. The summed E-state index contributed by atoms with van der Waals surface area (Å²) in [6.45, 7) is 9.51. The van der Waals surface area contributed by atoms with E-state index in [9.17, 15) is 9.59 Å². The molecule has 0 aliphatic carbocycles. The number of nitrogens with one attached hydrogen (secondary N) is 1. The highest BCUT2D eigenvalue weighted by atomic mass is 16.4. The molecule has 1 atom stereocenters. The second-order valence-corrected chi connectivity index (χ2v) is 6.31. The number of carboxylic acids is 1. The van der Waals surface area contributed by atoms with Gasteiger partial charge in [0.05, 0.1) is 0 Å². The lowest BCUT2D eigenvalue weighted by Gasteiger charge is -2.23. The van der Waals surface area contributed by atoms with Crippen molar-refractivity contribution in [3.63, 3.8) is 0 Å². The van der Waals surface area contributed by atoms with Gasteiger partial charge in [-0.2, -0.15) is 0 Å². The van der Waals surface area contributed by atoms with Crippen LogP contribution in [0.4, 0.5) is 4.79 Å². The molecule has 1 saturated heterocycles. The van der Waals surface area contributed by atoms with Crippen LogP contribution in [0.25, 0.3) is 0 Å². The number of carbonyl (C=O) groups excluding carboxylic acids is 1. The molecular formula is C13H24N2O3. The van der Waals surface area contributed by atoms with Crippen LogP contribution in [0.2, 0.25) is 0 Å². The molecule has 5 heteroatoms. The summed E-state index contributed by atoms with van der Waals surface area (Å²) >= 11 is 0. The smallest absolute Gasteiger partial charge is 0.326 e. The topological polar surface area (TPSA) is 69.6 Å². The van der Waals surface area contributed by atoms with Gasteiger partial charge in [-0.05, 0) is 24.2 Å². The molecule has 0 radical (unpaired) electrons. The minimum absolute atomic E-state index is 0.133. The molecule has 1 aliphatic heterocycles. The van der Waals surface area contributed by atoms with Crippen LogP contribution in [0.5, 0.6) is 0 Å². The van der Waals surface area contributed by atoms with E-state index in [1.54, 1.807) is 4.90 Å². The Balaban J connectivity index is 2.54. The van der Waals surface area contributed by atoms with Crippen molar-refractivity contribution in [2.24, 2.45) is 11.3 Å². The maximum atomic E-state index is 12.0. The summed E-state index contributed by atoms with van der Waals surface area (Å²) in [7, 11) is 0. The number of aliphatic carboxylic acids is 1. The fourth-order valence-corrected chi connectivity index (χ4v) is 2.22. The van der Waals surface area contributed by atoms with Crippen molar-refractivity contribution in [3.8, 4) is 0 Å². The van der Waals surface area contributed by atoms with Crippen LogP contribution in [-0.4, -0.2) is 41.1 Å². The summed E-state index contributed by atoms with van der Waals surface area (Å²) in [4.78, 5) is 24.8. The average Bonchev–Trinajstić information content (AvgIpc) is 2.57. The number of carbonyl (C=O) groups is 2. The summed E-state index contributed by atoms with van der Waals surface area (Å²) in [5, 5.41) is 11.7. The Bertz CT molecular complexity index is 326. The second-order valence-electron chi connectivity index (χ2n) is 6.31. The largest absolute Gasteiger partial charge is 0.480 e. The first-order valence-electron chi connectivity index (χ1n) is 6.49. The number of hydrogen-bond acceptors (Lipinski definition) is 2. The molecule has 5 nitrogen and oxygen atoms in total. The highest BCUT2D eigenvalue weighted by Crippen LogP contribution is 2.28. The molecule has 0 aromatic heterocycles. The molecule has 0 aromatic rings. The maximum Gasteiger partial charge on any atom is 0.326 e. The summed E-state index contributed by atoms with van der Waals surface area (Å²) in [6, 6.07) is -1.05. The number of likely N-dealkylation sites (tertiary alicyclic amines) is 1. The number of hydrogen-bond donors (Lipinski definition) is 2. The van der Waals surface area contributed by atoms with E-state index in [1.807, 2.05) is 13.8 Å². The SMILES string of the molecule is CC(C)CC(NC(=O)N1CCC(C)(C)C1)C(=O)O. The molecule has 0 bridgehead atoms. The molecule has 1 aliphatic rings. The van der Waals surface area contributed by atoms with E-state index in [2.05, 4.69) is 19.2 Å². The van der Waals surface area contributed by atoms with Crippen molar-refractivity contribution in [2.45, 2.75) is 46.6 Å². The lowest BCUT2D eigenvalue weighted by molar-refractivity contribution is -0.139. The predicted molar refractivity (Wildman–Crippen MR) is 69.4 cm³/mol. The van der Waals surface area contributed by atoms with Crippen LogP contribution in [0, 0.1) is 11.3 Å². The molecule has 1 unspecified atom stereocenters. The lowest BCUT2D eigenvalue weighted by Crippen LogP contribution is -2.48. The Kier molecular flexibility index (Phi) is 4.59. The maximum absolute atomic E-state index is 12.0. The van der Waals surface area contributed by atoms with Gasteiger partial charge in [0.1, 0.15) is 6.04 Å². The van der Waals surface area contributed by atoms with Gasteiger partial charge in [0.2, 0.25) is 0 Å².